The van der Waals surface area contributed by atoms with E-state index in [4.69, 9.17) is 16.3 Å². The predicted octanol–water partition coefficient (Wildman–Crippen LogP) is 3.55. The molecule has 5 atom stereocenters. The standard InChI is InChI=1S/C34H46ClN5O6/c1-19-18-40(29(34(19,2)3)32(44)38-24(26(41)17-35)15-21-13-14-36-30(21)42)33(45)28(20-9-6-5-7-10-20)39-31(43)25-16-22-23(37-25)11-8-12-27(22)46-4/h8,11-12,16,19-21,24,28-29,37H,5-7,9-10,13-15,17-18H2,1-4H3,(H,36,42)(H,38,44)(H,39,43)/t19-,21+,24+,28+,29-/m1/s1. The molecule has 12 heteroatoms. The van der Waals surface area contributed by atoms with E-state index in [1.54, 1.807) is 18.1 Å². The number of ether oxygens (including phenoxy) is 1. The van der Waals surface area contributed by atoms with Gasteiger partial charge in [-0.25, -0.2) is 0 Å². The molecule has 2 aliphatic heterocycles. The van der Waals surface area contributed by atoms with Crippen molar-refractivity contribution < 1.29 is 28.7 Å². The second-order valence-corrected chi connectivity index (χ2v) is 14.0. The highest BCUT2D eigenvalue weighted by Crippen LogP contribution is 2.42. The Kier molecular flexibility index (Phi) is 10.3. The fraction of sp³-hybridized carbons (Fsp3) is 0.618. The molecular formula is C34H46ClN5O6. The number of methoxy groups -OCH3 is 1. The zero-order chi connectivity index (χ0) is 33.2. The first-order valence-electron chi connectivity index (χ1n) is 16.4. The predicted molar refractivity (Wildman–Crippen MR) is 175 cm³/mol. The number of nitrogens with zero attached hydrogens (tertiary/aromatic N) is 1. The van der Waals surface area contributed by atoms with Gasteiger partial charge in [0.15, 0.2) is 5.78 Å². The van der Waals surface area contributed by atoms with Gasteiger partial charge in [0.1, 0.15) is 23.5 Å². The van der Waals surface area contributed by atoms with Crippen molar-refractivity contribution in [2.75, 3.05) is 26.1 Å². The van der Waals surface area contributed by atoms with Crippen molar-refractivity contribution in [1.82, 2.24) is 25.8 Å². The largest absolute Gasteiger partial charge is 0.496 e. The second kappa shape index (κ2) is 14.0. The maximum Gasteiger partial charge on any atom is 0.268 e. The van der Waals surface area contributed by atoms with E-state index in [9.17, 15) is 24.0 Å². The van der Waals surface area contributed by atoms with Crippen LogP contribution in [0.5, 0.6) is 5.75 Å². The topological polar surface area (TPSA) is 150 Å². The van der Waals surface area contributed by atoms with Gasteiger partial charge in [-0.05, 0) is 61.1 Å². The Hall–Kier alpha value is -3.60. The van der Waals surface area contributed by atoms with Gasteiger partial charge in [0, 0.05) is 29.9 Å². The molecule has 46 heavy (non-hydrogen) atoms. The molecule has 250 valence electrons. The molecule has 1 saturated carbocycles. The highest BCUT2D eigenvalue weighted by Gasteiger charge is 2.53. The van der Waals surface area contributed by atoms with Gasteiger partial charge in [0.2, 0.25) is 17.7 Å². The molecule has 0 spiro atoms. The first kappa shape index (κ1) is 33.8. The molecule has 4 amide bonds. The number of carbonyl (C=O) groups excluding carboxylic acids is 5. The molecule has 1 aliphatic carbocycles. The van der Waals surface area contributed by atoms with E-state index >= 15 is 0 Å². The quantitative estimate of drug-likeness (QED) is 0.272. The molecular weight excluding hydrogens is 610 g/mol. The molecule has 11 nitrogen and oxygen atoms in total. The minimum absolute atomic E-state index is 0.0427. The summed E-state index contributed by atoms with van der Waals surface area (Å²) in [6, 6.07) is 4.57. The Morgan fingerprint density at radius 2 is 1.85 bits per heavy atom. The van der Waals surface area contributed by atoms with Crippen LogP contribution in [0.4, 0.5) is 0 Å². The zero-order valence-electron chi connectivity index (χ0n) is 27.1. The third-order valence-corrected chi connectivity index (χ3v) is 10.8. The summed E-state index contributed by atoms with van der Waals surface area (Å²) in [6.07, 6.45) is 5.28. The number of hydrogen-bond donors (Lipinski definition) is 4. The fourth-order valence-corrected chi connectivity index (χ4v) is 7.63. The van der Waals surface area contributed by atoms with E-state index in [1.165, 1.54) is 0 Å². The van der Waals surface area contributed by atoms with E-state index in [0.29, 0.717) is 31.0 Å². The van der Waals surface area contributed by atoms with E-state index in [0.717, 1.165) is 43.0 Å². The molecule has 4 N–H and O–H groups in total. The normalized spacial score (nSPS) is 24.3. The number of aromatic nitrogens is 1. The number of Topliss-reactive ketones (excluding diaryl/α,β-unsaturated/α-hetero) is 1. The molecule has 3 fully saturated rings. The van der Waals surface area contributed by atoms with E-state index in [1.807, 2.05) is 39.0 Å². The molecule has 3 heterocycles. The molecule has 1 aromatic heterocycles. The number of halogens is 1. The smallest absolute Gasteiger partial charge is 0.268 e. The van der Waals surface area contributed by atoms with Gasteiger partial charge >= 0.3 is 0 Å². The Bertz CT molecular complexity index is 1480. The number of amides is 4. The number of fused-ring (bicyclic) bond motifs is 1. The number of likely N-dealkylation sites (tertiary alicyclic amines) is 1. The van der Waals surface area contributed by atoms with Crippen LogP contribution in [-0.2, 0) is 19.2 Å². The van der Waals surface area contributed by atoms with Crippen LogP contribution in [-0.4, -0.2) is 83.5 Å². The molecule has 0 unspecified atom stereocenters. The minimum Gasteiger partial charge on any atom is -0.496 e. The van der Waals surface area contributed by atoms with Crippen molar-refractivity contribution in [2.45, 2.75) is 83.8 Å². The lowest BCUT2D eigenvalue weighted by molar-refractivity contribution is -0.144. The highest BCUT2D eigenvalue weighted by atomic mass is 35.5. The average molecular weight is 656 g/mol. The molecule has 1 aromatic carbocycles. The van der Waals surface area contributed by atoms with Gasteiger partial charge < -0.3 is 30.6 Å². The molecule has 2 aromatic rings. The first-order chi connectivity index (χ1) is 22.0. The molecule has 0 radical (unpaired) electrons. The van der Waals surface area contributed by atoms with Gasteiger partial charge in [0.25, 0.3) is 5.91 Å². The highest BCUT2D eigenvalue weighted by molar-refractivity contribution is 6.28. The number of carbonyl (C=O) groups is 5. The summed E-state index contributed by atoms with van der Waals surface area (Å²) in [6.45, 7) is 6.75. The van der Waals surface area contributed by atoms with Crippen LogP contribution in [0, 0.1) is 23.2 Å². The SMILES string of the molecule is COc1cccc2[nH]c(C(=O)N[C@H](C(=O)N3C[C@@H](C)C(C)(C)[C@H]3C(=O)N[C@@H](C[C@@H]3CCNC3=O)C(=O)CCl)C3CCCCC3)cc12. The minimum atomic E-state index is -0.949. The van der Waals surface area contributed by atoms with Crippen LogP contribution >= 0.6 is 11.6 Å². The molecule has 3 aliphatic rings. The number of rotatable bonds is 11. The third kappa shape index (κ3) is 6.75. The summed E-state index contributed by atoms with van der Waals surface area (Å²) in [5.74, 6) is -1.89. The van der Waals surface area contributed by atoms with Crippen molar-refractivity contribution in [3.05, 3.63) is 30.0 Å². The Labute approximate surface area is 274 Å². The van der Waals surface area contributed by atoms with Gasteiger partial charge in [-0.2, -0.15) is 0 Å². The van der Waals surface area contributed by atoms with E-state index in [2.05, 4.69) is 20.9 Å². The fourth-order valence-electron chi connectivity index (χ4n) is 7.45. The summed E-state index contributed by atoms with van der Waals surface area (Å²) in [7, 11) is 1.57. The molecule has 2 saturated heterocycles. The Morgan fingerprint density at radius 3 is 2.50 bits per heavy atom. The Balaban J connectivity index is 1.41. The first-order valence-corrected chi connectivity index (χ1v) is 16.9. The van der Waals surface area contributed by atoms with E-state index in [-0.39, 0.29) is 41.7 Å². The zero-order valence-corrected chi connectivity index (χ0v) is 27.9. The average Bonchev–Trinajstić information content (AvgIpc) is 3.74. The van der Waals surface area contributed by atoms with Crippen LogP contribution < -0.4 is 20.7 Å². The van der Waals surface area contributed by atoms with Crippen molar-refractivity contribution in [3.63, 3.8) is 0 Å². The number of benzene rings is 1. The van der Waals surface area contributed by atoms with Crippen LogP contribution in [0.3, 0.4) is 0 Å². The number of nitrogens with one attached hydrogen (secondary N) is 4. The van der Waals surface area contributed by atoms with Gasteiger partial charge in [0.05, 0.1) is 19.0 Å². The summed E-state index contributed by atoms with van der Waals surface area (Å²) < 4.78 is 5.46. The summed E-state index contributed by atoms with van der Waals surface area (Å²) in [5.41, 5.74) is 0.428. The maximum atomic E-state index is 14.6. The van der Waals surface area contributed by atoms with Crippen molar-refractivity contribution >= 4 is 51.9 Å². The van der Waals surface area contributed by atoms with Crippen LogP contribution in [0.1, 0.15) is 76.2 Å². The van der Waals surface area contributed by atoms with Gasteiger partial charge in [-0.15, -0.1) is 11.6 Å². The second-order valence-electron chi connectivity index (χ2n) is 13.7. The number of aromatic amines is 1. The summed E-state index contributed by atoms with van der Waals surface area (Å²) >= 11 is 5.92. The van der Waals surface area contributed by atoms with Crippen LogP contribution in [0.25, 0.3) is 10.9 Å². The molecule has 5 rings (SSSR count). The number of ketones is 1. The lowest BCUT2D eigenvalue weighted by Crippen LogP contribution is -2.59. The summed E-state index contributed by atoms with van der Waals surface area (Å²) in [4.78, 5) is 72.3. The van der Waals surface area contributed by atoms with Crippen molar-refractivity contribution in [1.29, 1.82) is 0 Å². The molecule has 0 bridgehead atoms. The monoisotopic (exact) mass is 655 g/mol. The van der Waals surface area contributed by atoms with E-state index < -0.39 is 41.3 Å². The lowest BCUT2D eigenvalue weighted by Gasteiger charge is -2.37. The summed E-state index contributed by atoms with van der Waals surface area (Å²) in [5, 5.41) is 9.47. The Morgan fingerprint density at radius 1 is 1.11 bits per heavy atom. The van der Waals surface area contributed by atoms with Crippen molar-refractivity contribution in [3.8, 4) is 5.75 Å². The van der Waals surface area contributed by atoms with Gasteiger partial charge in [-0.1, -0.05) is 46.1 Å². The number of H-pyrrole nitrogens is 1. The van der Waals surface area contributed by atoms with Crippen LogP contribution in [0.15, 0.2) is 24.3 Å². The maximum absolute atomic E-state index is 14.6. The number of hydrogen-bond acceptors (Lipinski definition) is 6. The van der Waals surface area contributed by atoms with Crippen LogP contribution in [0.2, 0.25) is 0 Å². The third-order valence-electron chi connectivity index (χ3n) is 10.6. The number of alkyl halides is 1. The van der Waals surface area contributed by atoms with Gasteiger partial charge in [-0.3, -0.25) is 24.0 Å². The van der Waals surface area contributed by atoms with Crippen molar-refractivity contribution in [2.24, 2.45) is 23.2 Å². The lowest BCUT2D eigenvalue weighted by atomic mass is 9.77.